The molecule has 3 nitrogen and oxygen atoms in total. The zero-order valence-electron chi connectivity index (χ0n) is 12.8. The van der Waals surface area contributed by atoms with Crippen molar-refractivity contribution >= 4 is 5.69 Å². The maximum absolute atomic E-state index is 5.95. The number of hydrogen-bond donors (Lipinski definition) is 1. The highest BCUT2D eigenvalue weighted by Gasteiger charge is 2.25. The van der Waals surface area contributed by atoms with Crippen LogP contribution in [0.4, 0.5) is 5.69 Å². The normalized spacial score (nSPS) is 18.2. The van der Waals surface area contributed by atoms with E-state index in [1.165, 1.54) is 23.2 Å². The number of aromatic nitrogens is 1. The first-order valence-electron chi connectivity index (χ1n) is 7.66. The molecule has 2 aromatic rings. The van der Waals surface area contributed by atoms with E-state index in [4.69, 9.17) is 5.73 Å². The monoisotopic (exact) mass is 281 g/mol. The van der Waals surface area contributed by atoms with Crippen LogP contribution in [0.25, 0.3) is 0 Å². The molecule has 0 spiro atoms. The average Bonchev–Trinajstić information content (AvgIpc) is 2.97. The second kappa shape index (κ2) is 5.86. The highest BCUT2D eigenvalue weighted by atomic mass is 15.2. The second-order valence-corrected chi connectivity index (χ2v) is 5.89. The van der Waals surface area contributed by atoms with Crippen molar-refractivity contribution in [2.75, 3.05) is 18.0 Å². The Bertz CT molecular complexity index is 622. The van der Waals surface area contributed by atoms with Gasteiger partial charge in [0.1, 0.15) is 0 Å². The van der Waals surface area contributed by atoms with Gasteiger partial charge in [0.15, 0.2) is 0 Å². The maximum Gasteiger partial charge on any atom is 0.0448 e. The van der Waals surface area contributed by atoms with Gasteiger partial charge >= 0.3 is 0 Å². The predicted molar refractivity (Wildman–Crippen MR) is 87.6 cm³/mol. The third-order valence-electron chi connectivity index (χ3n) is 4.44. The van der Waals surface area contributed by atoms with E-state index in [0.29, 0.717) is 12.5 Å². The molecule has 110 valence electrons. The molecule has 3 rings (SSSR count). The summed E-state index contributed by atoms with van der Waals surface area (Å²) in [7, 11) is 0. The van der Waals surface area contributed by atoms with Crippen molar-refractivity contribution in [3.05, 3.63) is 58.9 Å². The van der Waals surface area contributed by atoms with Crippen molar-refractivity contribution in [3.8, 4) is 0 Å². The van der Waals surface area contributed by atoms with Crippen molar-refractivity contribution in [3.63, 3.8) is 0 Å². The number of hydrogen-bond acceptors (Lipinski definition) is 3. The number of rotatable bonds is 3. The summed E-state index contributed by atoms with van der Waals surface area (Å²) in [5.74, 6) is 0.616. The van der Waals surface area contributed by atoms with Crippen molar-refractivity contribution in [1.29, 1.82) is 0 Å². The second-order valence-electron chi connectivity index (χ2n) is 5.89. The maximum atomic E-state index is 5.95. The van der Waals surface area contributed by atoms with Crippen LogP contribution in [-0.4, -0.2) is 18.1 Å². The summed E-state index contributed by atoms with van der Waals surface area (Å²) < 4.78 is 0. The molecule has 3 heteroatoms. The van der Waals surface area contributed by atoms with Gasteiger partial charge in [-0.3, -0.25) is 4.98 Å². The summed E-state index contributed by atoms with van der Waals surface area (Å²) in [6.45, 7) is 6.83. The Morgan fingerprint density at radius 3 is 2.71 bits per heavy atom. The first kappa shape index (κ1) is 14.1. The molecule has 1 saturated heterocycles. The van der Waals surface area contributed by atoms with Crippen LogP contribution < -0.4 is 10.6 Å². The fraction of sp³-hybridized carbons (Fsp3) is 0.389. The van der Waals surface area contributed by atoms with Crippen LogP contribution in [0.1, 0.15) is 34.9 Å². The first-order chi connectivity index (χ1) is 10.2. The lowest BCUT2D eigenvalue weighted by atomic mass is 9.99. The largest absolute Gasteiger partial charge is 0.371 e. The minimum absolute atomic E-state index is 0.556. The number of benzene rings is 1. The van der Waals surface area contributed by atoms with Crippen LogP contribution in [-0.2, 0) is 6.54 Å². The molecule has 2 heterocycles. The van der Waals surface area contributed by atoms with Crippen LogP contribution in [0.15, 0.2) is 36.4 Å². The molecule has 1 aromatic heterocycles. The number of nitrogens with two attached hydrogens (primary N) is 1. The summed E-state index contributed by atoms with van der Waals surface area (Å²) in [4.78, 5) is 7.02. The van der Waals surface area contributed by atoms with Gasteiger partial charge < -0.3 is 10.6 Å². The van der Waals surface area contributed by atoms with Crippen molar-refractivity contribution < 1.29 is 0 Å². The molecule has 1 atom stereocenters. The topological polar surface area (TPSA) is 42.1 Å². The SMILES string of the molecule is Cc1cc(N2CCC(c3ccccc3)C2)c(CN)c(C)n1. The molecule has 1 aliphatic heterocycles. The summed E-state index contributed by atoms with van der Waals surface area (Å²) in [6, 6.07) is 13.0. The molecule has 0 amide bonds. The highest BCUT2D eigenvalue weighted by molar-refractivity contribution is 5.57. The van der Waals surface area contributed by atoms with E-state index in [1.54, 1.807) is 0 Å². The lowest BCUT2D eigenvalue weighted by molar-refractivity contribution is 0.774. The smallest absolute Gasteiger partial charge is 0.0448 e. The van der Waals surface area contributed by atoms with Gasteiger partial charge in [-0.1, -0.05) is 30.3 Å². The fourth-order valence-electron chi connectivity index (χ4n) is 3.35. The van der Waals surface area contributed by atoms with E-state index >= 15 is 0 Å². The molecule has 1 unspecified atom stereocenters. The molecular weight excluding hydrogens is 258 g/mol. The van der Waals surface area contributed by atoms with Gasteiger partial charge in [0, 0.05) is 48.2 Å². The molecule has 1 aromatic carbocycles. The summed E-state index contributed by atoms with van der Waals surface area (Å²) >= 11 is 0. The van der Waals surface area contributed by atoms with Crippen molar-refractivity contribution in [1.82, 2.24) is 4.98 Å². The average molecular weight is 281 g/mol. The molecule has 1 fully saturated rings. The molecule has 2 N–H and O–H groups in total. The zero-order chi connectivity index (χ0) is 14.8. The standard InChI is InChI=1S/C18H23N3/c1-13-10-18(17(11-19)14(2)20-13)21-9-8-16(12-21)15-6-4-3-5-7-15/h3-7,10,16H,8-9,11-12,19H2,1-2H3. The van der Waals surface area contributed by atoms with Gasteiger partial charge in [-0.25, -0.2) is 0 Å². The summed E-state index contributed by atoms with van der Waals surface area (Å²) in [5.41, 5.74) is 12.0. The van der Waals surface area contributed by atoms with Crippen molar-refractivity contribution in [2.24, 2.45) is 5.73 Å². The van der Waals surface area contributed by atoms with E-state index in [1.807, 2.05) is 0 Å². The number of aryl methyl sites for hydroxylation is 2. The fourth-order valence-corrected chi connectivity index (χ4v) is 3.35. The van der Waals surface area contributed by atoms with Crippen LogP contribution in [0.2, 0.25) is 0 Å². The number of pyridine rings is 1. The molecule has 21 heavy (non-hydrogen) atoms. The quantitative estimate of drug-likeness (QED) is 0.939. The van der Waals surface area contributed by atoms with Gasteiger partial charge in [0.2, 0.25) is 0 Å². The predicted octanol–water partition coefficient (Wildman–Crippen LogP) is 3.15. The van der Waals surface area contributed by atoms with E-state index in [9.17, 15) is 0 Å². The van der Waals surface area contributed by atoms with Gasteiger partial charge in [-0.05, 0) is 31.9 Å². The highest BCUT2D eigenvalue weighted by Crippen LogP contribution is 2.33. The molecule has 0 bridgehead atoms. The molecular formula is C18H23N3. The molecule has 0 radical (unpaired) electrons. The minimum atomic E-state index is 0.556. The number of nitrogens with zero attached hydrogens (tertiary/aromatic N) is 2. The Kier molecular flexibility index (Phi) is 3.93. The van der Waals surface area contributed by atoms with E-state index in [-0.39, 0.29) is 0 Å². The van der Waals surface area contributed by atoms with E-state index in [0.717, 1.165) is 24.5 Å². The number of anilines is 1. The minimum Gasteiger partial charge on any atom is -0.371 e. The Morgan fingerprint density at radius 2 is 2.00 bits per heavy atom. The van der Waals surface area contributed by atoms with Crippen molar-refractivity contribution in [2.45, 2.75) is 32.7 Å². The molecule has 0 aliphatic carbocycles. The Labute approximate surface area is 126 Å². The van der Waals surface area contributed by atoms with Crippen LogP contribution in [0.3, 0.4) is 0 Å². The van der Waals surface area contributed by atoms with E-state index in [2.05, 4.69) is 60.1 Å². The third-order valence-corrected chi connectivity index (χ3v) is 4.44. The van der Waals surface area contributed by atoms with Gasteiger partial charge in [0.05, 0.1) is 0 Å². The Hall–Kier alpha value is -1.87. The lowest BCUT2D eigenvalue weighted by Gasteiger charge is -2.23. The molecule has 1 aliphatic rings. The van der Waals surface area contributed by atoms with Gasteiger partial charge in [-0.2, -0.15) is 0 Å². The van der Waals surface area contributed by atoms with Crippen LogP contribution >= 0.6 is 0 Å². The van der Waals surface area contributed by atoms with Gasteiger partial charge in [-0.15, -0.1) is 0 Å². The van der Waals surface area contributed by atoms with E-state index < -0.39 is 0 Å². The molecule has 0 saturated carbocycles. The first-order valence-corrected chi connectivity index (χ1v) is 7.66. The third kappa shape index (κ3) is 2.79. The lowest BCUT2D eigenvalue weighted by Crippen LogP contribution is -2.22. The Morgan fingerprint density at radius 1 is 1.24 bits per heavy atom. The zero-order valence-corrected chi connectivity index (χ0v) is 12.8. The summed E-state index contributed by atoms with van der Waals surface area (Å²) in [6.07, 6.45) is 1.20. The summed E-state index contributed by atoms with van der Waals surface area (Å²) in [5, 5.41) is 0. The van der Waals surface area contributed by atoms with Crippen LogP contribution in [0.5, 0.6) is 0 Å². The Balaban J connectivity index is 1.87. The van der Waals surface area contributed by atoms with Crippen LogP contribution in [0, 0.1) is 13.8 Å². The van der Waals surface area contributed by atoms with Gasteiger partial charge in [0.25, 0.3) is 0 Å².